The van der Waals surface area contributed by atoms with Crippen LogP contribution in [0.4, 0.5) is 5.69 Å². The van der Waals surface area contributed by atoms with Crippen LogP contribution in [0.25, 0.3) is 0 Å². The van der Waals surface area contributed by atoms with Gasteiger partial charge in [0.25, 0.3) is 15.7 Å². The molecule has 2 heterocycles. The minimum absolute atomic E-state index is 0.00351. The summed E-state index contributed by atoms with van der Waals surface area (Å²) < 4.78 is 28.2. The Labute approximate surface area is 184 Å². The van der Waals surface area contributed by atoms with Crippen molar-refractivity contribution in [1.82, 2.24) is 3.97 Å². The van der Waals surface area contributed by atoms with Crippen LogP contribution in [0.3, 0.4) is 0 Å². The van der Waals surface area contributed by atoms with Gasteiger partial charge in [-0.2, -0.15) is 0 Å². The zero-order valence-corrected chi connectivity index (χ0v) is 18.3. The van der Waals surface area contributed by atoms with Crippen LogP contribution < -0.4 is 0 Å². The number of aromatic nitrogens is 1. The average molecular weight is 453 g/mol. The molecule has 0 N–H and O–H groups in total. The monoisotopic (exact) mass is 452 g/mol. The molecule has 0 aliphatic rings. The van der Waals surface area contributed by atoms with Gasteiger partial charge < -0.3 is 0 Å². The van der Waals surface area contributed by atoms with Gasteiger partial charge in [-0.05, 0) is 54.6 Å². The Morgan fingerprint density at radius 3 is 2.29 bits per heavy atom. The van der Waals surface area contributed by atoms with Crippen molar-refractivity contribution in [3.63, 3.8) is 0 Å². The summed E-state index contributed by atoms with van der Waals surface area (Å²) in [5, 5.41) is 12.9. The van der Waals surface area contributed by atoms with Crippen molar-refractivity contribution >= 4 is 27.0 Å². The first kappa shape index (κ1) is 21.0. The van der Waals surface area contributed by atoms with E-state index in [2.05, 4.69) is 0 Å². The molecule has 31 heavy (non-hydrogen) atoms. The lowest BCUT2D eigenvalue weighted by molar-refractivity contribution is -0.384. The fraction of sp³-hybridized carbons (Fsp3) is 0.130. The van der Waals surface area contributed by atoms with Crippen LogP contribution in [0.2, 0.25) is 0 Å². The maximum absolute atomic E-state index is 13.5. The van der Waals surface area contributed by atoms with Gasteiger partial charge in [-0.1, -0.05) is 36.4 Å². The highest BCUT2D eigenvalue weighted by Gasteiger charge is 2.36. The second kappa shape index (κ2) is 8.13. The highest BCUT2D eigenvalue weighted by atomic mass is 32.2. The zero-order chi connectivity index (χ0) is 22.1. The molecule has 0 bridgehead atoms. The Hall–Kier alpha value is -3.23. The van der Waals surface area contributed by atoms with Gasteiger partial charge in [0.05, 0.1) is 9.82 Å². The summed E-state index contributed by atoms with van der Waals surface area (Å²) in [6, 6.07) is 22.4. The van der Waals surface area contributed by atoms with E-state index in [1.54, 1.807) is 17.4 Å². The van der Waals surface area contributed by atoms with Crippen molar-refractivity contribution in [3.05, 3.63) is 117 Å². The lowest BCUT2D eigenvalue weighted by Crippen LogP contribution is -2.31. The van der Waals surface area contributed by atoms with E-state index in [1.165, 1.54) is 34.4 Å². The van der Waals surface area contributed by atoms with Gasteiger partial charge in [-0.15, -0.1) is 11.3 Å². The standard InChI is InChI=1S/C23H20N2O4S2/c1-23(22-10-6-16-30-22,17-18-7-3-2-4-8-18)21-9-5-15-24(21)31(28,29)20-13-11-19(12-14-20)25(26)27/h2-16H,17H2,1H3. The van der Waals surface area contributed by atoms with E-state index in [1.807, 2.05) is 60.8 Å². The summed E-state index contributed by atoms with van der Waals surface area (Å²) in [4.78, 5) is 11.4. The first-order valence-corrected chi connectivity index (χ1v) is 11.9. The van der Waals surface area contributed by atoms with Gasteiger partial charge in [0.2, 0.25) is 0 Å². The largest absolute Gasteiger partial charge is 0.269 e. The topological polar surface area (TPSA) is 82.2 Å². The van der Waals surface area contributed by atoms with E-state index in [0.717, 1.165) is 10.4 Å². The highest BCUT2D eigenvalue weighted by molar-refractivity contribution is 7.90. The lowest BCUT2D eigenvalue weighted by atomic mass is 9.79. The predicted octanol–water partition coefficient (Wildman–Crippen LogP) is 5.24. The normalized spacial score (nSPS) is 13.6. The Morgan fingerprint density at radius 1 is 0.968 bits per heavy atom. The number of nitro benzene ring substituents is 1. The van der Waals surface area contributed by atoms with E-state index < -0.39 is 20.4 Å². The van der Waals surface area contributed by atoms with Crippen molar-refractivity contribution in [2.24, 2.45) is 0 Å². The molecular formula is C23H20N2O4S2. The summed E-state index contributed by atoms with van der Waals surface area (Å²) in [7, 11) is -3.94. The van der Waals surface area contributed by atoms with Crippen LogP contribution in [0.1, 0.15) is 23.1 Å². The Morgan fingerprint density at radius 2 is 1.68 bits per heavy atom. The molecule has 1 unspecified atom stereocenters. The molecule has 0 saturated carbocycles. The molecule has 158 valence electrons. The number of nitrogens with zero attached hydrogens (tertiary/aromatic N) is 2. The van der Waals surface area contributed by atoms with Crippen LogP contribution in [-0.2, 0) is 21.9 Å². The van der Waals surface area contributed by atoms with Crippen LogP contribution >= 0.6 is 11.3 Å². The minimum Gasteiger partial charge on any atom is -0.258 e. The average Bonchev–Trinajstić information content (AvgIpc) is 3.47. The van der Waals surface area contributed by atoms with Crippen molar-refractivity contribution in [3.8, 4) is 0 Å². The highest BCUT2D eigenvalue weighted by Crippen LogP contribution is 2.39. The van der Waals surface area contributed by atoms with Gasteiger partial charge in [-0.3, -0.25) is 10.1 Å². The summed E-state index contributed by atoms with van der Waals surface area (Å²) in [5.41, 5.74) is 0.988. The molecule has 6 nitrogen and oxygen atoms in total. The molecule has 2 aromatic heterocycles. The summed E-state index contributed by atoms with van der Waals surface area (Å²) >= 11 is 1.58. The molecular weight excluding hydrogens is 432 g/mol. The van der Waals surface area contributed by atoms with Gasteiger partial charge in [-0.25, -0.2) is 12.4 Å². The molecule has 0 saturated heterocycles. The molecule has 0 radical (unpaired) electrons. The molecule has 8 heteroatoms. The second-order valence-corrected chi connectivity index (χ2v) is 10.2. The SMILES string of the molecule is CC(Cc1ccccc1)(c1cccs1)c1cccn1S(=O)(=O)c1ccc([N+](=O)[O-])cc1. The maximum atomic E-state index is 13.5. The molecule has 1 atom stereocenters. The Balaban J connectivity index is 1.83. The van der Waals surface area contributed by atoms with Crippen LogP contribution in [0.5, 0.6) is 0 Å². The third-order valence-corrected chi connectivity index (χ3v) is 8.19. The quantitative estimate of drug-likeness (QED) is 0.283. The molecule has 0 aliphatic heterocycles. The molecule has 4 aromatic rings. The summed E-state index contributed by atoms with van der Waals surface area (Å²) in [6.45, 7) is 2.04. The number of thiophene rings is 1. The zero-order valence-electron chi connectivity index (χ0n) is 16.7. The van der Waals surface area contributed by atoms with E-state index >= 15 is 0 Å². The Kier molecular flexibility index (Phi) is 5.51. The smallest absolute Gasteiger partial charge is 0.258 e. The molecule has 0 amide bonds. The van der Waals surface area contributed by atoms with Crippen molar-refractivity contribution in [2.45, 2.75) is 23.7 Å². The van der Waals surface area contributed by atoms with Crippen LogP contribution in [-0.4, -0.2) is 17.3 Å². The van der Waals surface area contributed by atoms with Crippen molar-refractivity contribution in [1.29, 1.82) is 0 Å². The van der Waals surface area contributed by atoms with Crippen LogP contribution in [0, 0.1) is 10.1 Å². The van der Waals surface area contributed by atoms with Gasteiger partial charge in [0.15, 0.2) is 0 Å². The predicted molar refractivity (Wildman–Crippen MR) is 121 cm³/mol. The molecule has 0 fully saturated rings. The number of rotatable bonds is 7. The fourth-order valence-electron chi connectivity index (χ4n) is 3.76. The number of nitro groups is 1. The molecule has 2 aromatic carbocycles. The number of benzene rings is 2. The van der Waals surface area contributed by atoms with E-state index in [4.69, 9.17) is 0 Å². The second-order valence-electron chi connectivity index (χ2n) is 7.42. The maximum Gasteiger partial charge on any atom is 0.269 e. The van der Waals surface area contributed by atoms with Gasteiger partial charge >= 0.3 is 0 Å². The van der Waals surface area contributed by atoms with E-state index in [-0.39, 0.29) is 10.6 Å². The summed E-state index contributed by atoms with van der Waals surface area (Å²) in [5.74, 6) is 0. The minimum atomic E-state index is -3.94. The third kappa shape index (κ3) is 3.92. The molecule has 0 spiro atoms. The Bertz CT molecular complexity index is 1300. The fourth-order valence-corrected chi connectivity index (χ4v) is 6.11. The van der Waals surface area contributed by atoms with E-state index in [9.17, 15) is 18.5 Å². The van der Waals surface area contributed by atoms with Crippen LogP contribution in [0.15, 0.2) is 95.3 Å². The van der Waals surface area contributed by atoms with Crippen molar-refractivity contribution in [2.75, 3.05) is 0 Å². The molecule has 0 aliphatic carbocycles. The third-order valence-electron chi connectivity index (χ3n) is 5.35. The first-order valence-electron chi connectivity index (χ1n) is 9.58. The lowest BCUT2D eigenvalue weighted by Gasteiger charge is -2.30. The van der Waals surface area contributed by atoms with Gasteiger partial charge in [0.1, 0.15) is 0 Å². The van der Waals surface area contributed by atoms with E-state index in [0.29, 0.717) is 12.1 Å². The number of hydrogen-bond donors (Lipinski definition) is 0. The summed E-state index contributed by atoms with van der Waals surface area (Å²) in [6.07, 6.45) is 2.15. The first-order chi connectivity index (χ1) is 14.8. The molecule has 4 rings (SSSR count). The van der Waals surface area contributed by atoms with Gasteiger partial charge in [0, 0.05) is 34.3 Å². The van der Waals surface area contributed by atoms with Crippen molar-refractivity contribution < 1.29 is 13.3 Å². The number of non-ortho nitro benzene ring substituents is 1. The number of hydrogen-bond acceptors (Lipinski definition) is 5.